The van der Waals surface area contributed by atoms with Gasteiger partial charge in [-0.15, -0.1) is 11.3 Å². The third-order valence-electron chi connectivity index (χ3n) is 3.34. The molecule has 0 atom stereocenters. The molecule has 0 spiro atoms. The van der Waals surface area contributed by atoms with Crippen LogP contribution in [0, 0.1) is 5.82 Å². The zero-order valence-electron chi connectivity index (χ0n) is 12.6. The number of nitrogens with two attached hydrogens (primary N) is 1. The summed E-state index contributed by atoms with van der Waals surface area (Å²) in [4.78, 5) is 5.55. The van der Waals surface area contributed by atoms with Crippen molar-refractivity contribution in [2.45, 2.75) is 9.24 Å². The molecular formula is C16H13FN2O2S3. The molecule has 0 amide bonds. The Labute approximate surface area is 147 Å². The highest BCUT2D eigenvalue weighted by atomic mass is 32.2. The fourth-order valence-corrected chi connectivity index (χ4v) is 4.29. The zero-order chi connectivity index (χ0) is 17.3. The van der Waals surface area contributed by atoms with E-state index in [1.807, 2.05) is 6.26 Å². The summed E-state index contributed by atoms with van der Waals surface area (Å²) in [7, 11) is -3.73. The van der Waals surface area contributed by atoms with Gasteiger partial charge >= 0.3 is 0 Å². The summed E-state index contributed by atoms with van der Waals surface area (Å²) in [5.74, 6) is -0.307. The number of nitrogens with zero attached hydrogens (tertiary/aromatic N) is 1. The normalized spacial score (nSPS) is 11.6. The van der Waals surface area contributed by atoms with E-state index in [1.165, 1.54) is 47.4 Å². The Morgan fingerprint density at radius 1 is 1.04 bits per heavy atom. The Kier molecular flexibility index (Phi) is 4.73. The van der Waals surface area contributed by atoms with Crippen molar-refractivity contribution in [3.63, 3.8) is 0 Å². The summed E-state index contributed by atoms with van der Waals surface area (Å²) in [5, 5.41) is 5.13. The molecule has 0 radical (unpaired) electrons. The molecule has 0 saturated heterocycles. The van der Waals surface area contributed by atoms with Gasteiger partial charge in [0.25, 0.3) is 0 Å². The van der Waals surface area contributed by atoms with E-state index in [4.69, 9.17) is 5.14 Å². The van der Waals surface area contributed by atoms with E-state index in [1.54, 1.807) is 24.3 Å². The summed E-state index contributed by atoms with van der Waals surface area (Å²) in [6.45, 7) is 0. The highest BCUT2D eigenvalue weighted by Crippen LogP contribution is 2.39. The Bertz CT molecular complexity index is 966. The predicted molar refractivity (Wildman–Crippen MR) is 96.1 cm³/mol. The lowest BCUT2D eigenvalue weighted by molar-refractivity contribution is 0.598. The van der Waals surface area contributed by atoms with Gasteiger partial charge in [0.2, 0.25) is 10.0 Å². The smallest absolute Gasteiger partial charge is 0.229 e. The van der Waals surface area contributed by atoms with Crippen molar-refractivity contribution in [1.29, 1.82) is 0 Å². The number of hydrogen-bond acceptors (Lipinski definition) is 5. The van der Waals surface area contributed by atoms with Crippen molar-refractivity contribution >= 4 is 33.1 Å². The molecule has 2 aromatic carbocycles. The lowest BCUT2D eigenvalue weighted by atomic mass is 10.1. The van der Waals surface area contributed by atoms with Gasteiger partial charge in [-0.2, -0.15) is 0 Å². The monoisotopic (exact) mass is 380 g/mol. The number of halogens is 1. The second-order valence-electron chi connectivity index (χ2n) is 4.94. The summed E-state index contributed by atoms with van der Waals surface area (Å²) in [6, 6.07) is 12.5. The van der Waals surface area contributed by atoms with Crippen LogP contribution in [0.4, 0.5) is 4.39 Å². The minimum absolute atomic E-state index is 0.0594. The van der Waals surface area contributed by atoms with Crippen LogP contribution >= 0.6 is 23.1 Å². The van der Waals surface area contributed by atoms with Crippen molar-refractivity contribution in [3.05, 3.63) is 54.3 Å². The Morgan fingerprint density at radius 3 is 2.17 bits per heavy atom. The van der Waals surface area contributed by atoms with E-state index >= 15 is 0 Å². The maximum atomic E-state index is 13.2. The van der Waals surface area contributed by atoms with Crippen molar-refractivity contribution in [3.8, 4) is 21.7 Å². The lowest BCUT2D eigenvalue weighted by Gasteiger charge is -2.04. The van der Waals surface area contributed by atoms with Crippen LogP contribution in [0.1, 0.15) is 0 Å². The number of aromatic nitrogens is 1. The molecule has 2 N–H and O–H groups in total. The minimum Gasteiger partial charge on any atom is -0.229 e. The molecular weight excluding hydrogens is 367 g/mol. The van der Waals surface area contributed by atoms with E-state index in [9.17, 15) is 12.8 Å². The van der Waals surface area contributed by atoms with E-state index < -0.39 is 10.0 Å². The Morgan fingerprint density at radius 2 is 1.62 bits per heavy atom. The van der Waals surface area contributed by atoms with Crippen LogP contribution < -0.4 is 5.14 Å². The average Bonchev–Trinajstić information content (AvgIpc) is 2.99. The summed E-state index contributed by atoms with van der Waals surface area (Å²) >= 11 is 3.02. The van der Waals surface area contributed by atoms with Gasteiger partial charge in [-0.25, -0.2) is 22.9 Å². The van der Waals surface area contributed by atoms with Crippen LogP contribution in [0.3, 0.4) is 0 Å². The largest absolute Gasteiger partial charge is 0.238 e. The van der Waals surface area contributed by atoms with Crippen LogP contribution in [-0.2, 0) is 10.0 Å². The van der Waals surface area contributed by atoms with E-state index in [-0.39, 0.29) is 10.7 Å². The molecule has 4 nitrogen and oxygen atoms in total. The molecule has 0 aliphatic carbocycles. The number of benzene rings is 2. The third kappa shape index (κ3) is 3.51. The van der Waals surface area contributed by atoms with Crippen LogP contribution in [0.2, 0.25) is 0 Å². The molecule has 0 fully saturated rings. The molecule has 3 aromatic rings. The average molecular weight is 380 g/mol. The first-order valence-electron chi connectivity index (χ1n) is 6.82. The number of sulfonamides is 1. The summed E-state index contributed by atoms with van der Waals surface area (Å²) < 4.78 is 36.8. The first-order valence-corrected chi connectivity index (χ1v) is 10.4. The Hall–Kier alpha value is -1.74. The fraction of sp³-hybridized carbons (Fsp3) is 0.0625. The fourth-order valence-electron chi connectivity index (χ4n) is 2.18. The van der Waals surface area contributed by atoms with Crippen LogP contribution in [0.15, 0.2) is 57.8 Å². The maximum Gasteiger partial charge on any atom is 0.238 e. The van der Waals surface area contributed by atoms with Gasteiger partial charge in [-0.1, -0.05) is 23.9 Å². The lowest BCUT2D eigenvalue weighted by Crippen LogP contribution is -2.11. The second kappa shape index (κ2) is 6.64. The Balaban J connectivity index is 2.10. The molecule has 3 rings (SSSR count). The standard InChI is InChI=1S/C16H13FN2O2S3/c1-22-16-19-14(10-2-6-12(17)7-3-10)15(23-16)11-4-8-13(9-5-11)24(18,20)21/h2-9H,1H3,(H2,18,20,21). The van der Waals surface area contributed by atoms with E-state index in [2.05, 4.69) is 4.98 Å². The van der Waals surface area contributed by atoms with Gasteiger partial charge in [0, 0.05) is 5.56 Å². The van der Waals surface area contributed by atoms with Crippen LogP contribution in [0.5, 0.6) is 0 Å². The van der Waals surface area contributed by atoms with Gasteiger partial charge in [-0.3, -0.25) is 0 Å². The van der Waals surface area contributed by atoms with Crippen LogP contribution in [0.25, 0.3) is 21.7 Å². The molecule has 1 aromatic heterocycles. The third-order valence-corrected chi connectivity index (χ3v) is 6.36. The van der Waals surface area contributed by atoms with Crippen molar-refractivity contribution < 1.29 is 12.8 Å². The number of rotatable bonds is 4. The molecule has 0 aliphatic rings. The highest BCUT2D eigenvalue weighted by molar-refractivity contribution is 8.00. The van der Waals surface area contributed by atoms with Crippen molar-refractivity contribution in [1.82, 2.24) is 4.98 Å². The maximum absolute atomic E-state index is 13.2. The molecule has 0 bridgehead atoms. The second-order valence-corrected chi connectivity index (χ2v) is 8.55. The highest BCUT2D eigenvalue weighted by Gasteiger charge is 2.16. The molecule has 124 valence electrons. The quantitative estimate of drug-likeness (QED) is 0.695. The summed E-state index contributed by atoms with van der Waals surface area (Å²) in [6.07, 6.45) is 1.93. The van der Waals surface area contributed by atoms with E-state index in [0.29, 0.717) is 0 Å². The molecule has 8 heteroatoms. The number of primary sulfonamides is 1. The van der Waals surface area contributed by atoms with Gasteiger partial charge in [0.15, 0.2) is 4.34 Å². The van der Waals surface area contributed by atoms with Gasteiger partial charge in [0.05, 0.1) is 15.5 Å². The van der Waals surface area contributed by atoms with E-state index in [0.717, 1.165) is 26.0 Å². The molecule has 0 aliphatic heterocycles. The molecule has 1 heterocycles. The zero-order valence-corrected chi connectivity index (χ0v) is 15.0. The summed E-state index contributed by atoms with van der Waals surface area (Å²) in [5.41, 5.74) is 2.38. The van der Waals surface area contributed by atoms with Crippen molar-refractivity contribution in [2.24, 2.45) is 5.14 Å². The SMILES string of the molecule is CSc1nc(-c2ccc(F)cc2)c(-c2ccc(S(N)(=O)=O)cc2)s1. The van der Waals surface area contributed by atoms with Gasteiger partial charge < -0.3 is 0 Å². The molecule has 24 heavy (non-hydrogen) atoms. The molecule has 0 unspecified atom stereocenters. The minimum atomic E-state index is -3.73. The van der Waals surface area contributed by atoms with Crippen LogP contribution in [-0.4, -0.2) is 19.7 Å². The van der Waals surface area contributed by atoms with Gasteiger partial charge in [0.1, 0.15) is 5.82 Å². The van der Waals surface area contributed by atoms with Crippen molar-refractivity contribution in [2.75, 3.05) is 6.26 Å². The number of thioether (sulfide) groups is 1. The number of hydrogen-bond donors (Lipinski definition) is 1. The molecule has 0 saturated carbocycles. The predicted octanol–water partition coefficient (Wildman–Crippen LogP) is 3.99. The first kappa shape index (κ1) is 17.1. The van der Waals surface area contributed by atoms with Gasteiger partial charge in [-0.05, 0) is 48.2 Å². The topological polar surface area (TPSA) is 73.0 Å². The first-order chi connectivity index (χ1) is 11.4. The number of thiazole rings is 1.